The predicted molar refractivity (Wildman–Crippen MR) is 77.4 cm³/mol. The Bertz CT molecular complexity index is 664. The fourth-order valence-corrected chi connectivity index (χ4v) is 3.06. The molecular formula is C14H18N2O3S. The normalized spacial score (nSPS) is 11.5. The molecule has 6 heteroatoms. The lowest BCUT2D eigenvalue weighted by Gasteiger charge is -2.09. The number of hydrogen-bond donors (Lipinski definition) is 2. The molecule has 0 aliphatic carbocycles. The first-order chi connectivity index (χ1) is 9.53. The molecule has 0 saturated carbocycles. The lowest BCUT2D eigenvalue weighted by Crippen LogP contribution is -2.26. The number of ether oxygens (including phenoxy) is 1. The summed E-state index contributed by atoms with van der Waals surface area (Å²) in [5.74, 6) is 0.677. The Kier molecular flexibility index (Phi) is 4.46. The van der Waals surface area contributed by atoms with Gasteiger partial charge in [-0.25, -0.2) is 13.1 Å². The number of methoxy groups -OCH3 is 1. The Morgan fingerprint density at radius 2 is 2.10 bits per heavy atom. The summed E-state index contributed by atoms with van der Waals surface area (Å²) in [6, 6.07) is 6.74. The van der Waals surface area contributed by atoms with E-state index < -0.39 is 10.0 Å². The number of aromatic amines is 1. The van der Waals surface area contributed by atoms with Gasteiger partial charge in [0.25, 0.3) is 0 Å². The summed E-state index contributed by atoms with van der Waals surface area (Å²) >= 11 is 0. The van der Waals surface area contributed by atoms with Gasteiger partial charge in [-0.15, -0.1) is 0 Å². The molecule has 5 nitrogen and oxygen atoms in total. The first kappa shape index (κ1) is 14.6. The Morgan fingerprint density at radius 3 is 2.70 bits per heavy atom. The second kappa shape index (κ2) is 6.11. The second-order valence-electron chi connectivity index (χ2n) is 4.50. The standard InChI is InChI=1S/C14H18N2O3S/c1-11-9-13(3-4-14(11)19-2)20(17,18)16-8-6-12-5-7-15-10-12/h3-5,7,9-10,15-16H,6,8H2,1-2H3. The van der Waals surface area contributed by atoms with E-state index in [1.54, 1.807) is 25.3 Å². The van der Waals surface area contributed by atoms with Crippen LogP contribution in [-0.2, 0) is 16.4 Å². The van der Waals surface area contributed by atoms with Gasteiger partial charge >= 0.3 is 0 Å². The minimum absolute atomic E-state index is 0.255. The van der Waals surface area contributed by atoms with Crippen molar-refractivity contribution in [3.8, 4) is 5.75 Å². The van der Waals surface area contributed by atoms with E-state index in [-0.39, 0.29) is 4.90 Å². The number of rotatable bonds is 6. The molecule has 1 aromatic heterocycles. The molecule has 0 aliphatic rings. The van der Waals surface area contributed by atoms with Gasteiger partial charge in [0.2, 0.25) is 10.0 Å². The van der Waals surface area contributed by atoms with Crippen molar-refractivity contribution >= 4 is 10.0 Å². The van der Waals surface area contributed by atoms with Crippen LogP contribution in [0.5, 0.6) is 5.75 Å². The Labute approximate surface area is 119 Å². The van der Waals surface area contributed by atoms with Gasteiger partial charge < -0.3 is 9.72 Å². The highest BCUT2D eigenvalue weighted by molar-refractivity contribution is 7.89. The van der Waals surface area contributed by atoms with E-state index in [2.05, 4.69) is 9.71 Å². The van der Waals surface area contributed by atoms with E-state index in [1.165, 1.54) is 0 Å². The summed E-state index contributed by atoms with van der Waals surface area (Å²) in [6.07, 6.45) is 4.32. The number of aromatic nitrogens is 1. The van der Waals surface area contributed by atoms with Crippen molar-refractivity contribution in [1.29, 1.82) is 0 Å². The third-order valence-corrected chi connectivity index (χ3v) is 4.50. The van der Waals surface area contributed by atoms with E-state index in [4.69, 9.17) is 4.74 Å². The molecule has 0 aliphatic heterocycles. The summed E-state index contributed by atoms with van der Waals surface area (Å²) in [7, 11) is -1.92. The summed E-state index contributed by atoms with van der Waals surface area (Å²) in [5, 5.41) is 0. The maximum Gasteiger partial charge on any atom is 0.240 e. The van der Waals surface area contributed by atoms with Gasteiger partial charge in [0, 0.05) is 18.9 Å². The first-order valence-corrected chi connectivity index (χ1v) is 7.77. The molecule has 0 saturated heterocycles. The topological polar surface area (TPSA) is 71.2 Å². The zero-order valence-corrected chi connectivity index (χ0v) is 12.3. The predicted octanol–water partition coefficient (Wildman–Crippen LogP) is 1.85. The van der Waals surface area contributed by atoms with Crippen molar-refractivity contribution in [3.05, 3.63) is 47.8 Å². The summed E-state index contributed by atoms with van der Waals surface area (Å²) < 4.78 is 32.0. The number of sulfonamides is 1. The zero-order valence-electron chi connectivity index (χ0n) is 11.5. The number of hydrogen-bond acceptors (Lipinski definition) is 3. The average Bonchev–Trinajstić information content (AvgIpc) is 2.91. The smallest absolute Gasteiger partial charge is 0.240 e. The summed E-state index contributed by atoms with van der Waals surface area (Å²) in [6.45, 7) is 2.18. The Morgan fingerprint density at radius 1 is 1.30 bits per heavy atom. The van der Waals surface area contributed by atoms with Crippen LogP contribution in [-0.4, -0.2) is 27.1 Å². The fourth-order valence-electron chi connectivity index (χ4n) is 1.95. The molecule has 0 unspecified atom stereocenters. The van der Waals surface area contributed by atoms with Crippen LogP contribution < -0.4 is 9.46 Å². The van der Waals surface area contributed by atoms with E-state index in [0.29, 0.717) is 18.7 Å². The molecule has 1 heterocycles. The quantitative estimate of drug-likeness (QED) is 0.854. The van der Waals surface area contributed by atoms with Crippen LogP contribution in [0.3, 0.4) is 0 Å². The number of aryl methyl sites for hydroxylation is 1. The van der Waals surface area contributed by atoms with E-state index >= 15 is 0 Å². The number of benzene rings is 1. The van der Waals surface area contributed by atoms with Gasteiger partial charge in [-0.2, -0.15) is 0 Å². The van der Waals surface area contributed by atoms with Gasteiger partial charge in [-0.1, -0.05) is 0 Å². The van der Waals surface area contributed by atoms with Crippen LogP contribution in [0.15, 0.2) is 41.6 Å². The van der Waals surface area contributed by atoms with Crippen LogP contribution >= 0.6 is 0 Å². The highest BCUT2D eigenvalue weighted by Crippen LogP contribution is 2.21. The minimum Gasteiger partial charge on any atom is -0.496 e. The summed E-state index contributed by atoms with van der Waals surface area (Å²) in [4.78, 5) is 3.19. The molecule has 0 atom stereocenters. The number of H-pyrrole nitrogens is 1. The Hall–Kier alpha value is -1.79. The highest BCUT2D eigenvalue weighted by Gasteiger charge is 2.14. The highest BCUT2D eigenvalue weighted by atomic mass is 32.2. The SMILES string of the molecule is COc1ccc(S(=O)(=O)NCCc2cc[nH]c2)cc1C. The molecule has 20 heavy (non-hydrogen) atoms. The summed E-state index contributed by atoms with van der Waals surface area (Å²) in [5.41, 5.74) is 1.86. The minimum atomic E-state index is -3.48. The van der Waals surface area contributed by atoms with Crippen molar-refractivity contribution in [2.24, 2.45) is 0 Å². The van der Waals surface area contributed by atoms with Gasteiger partial charge in [-0.05, 0) is 48.7 Å². The molecular weight excluding hydrogens is 276 g/mol. The molecule has 0 spiro atoms. The van der Waals surface area contributed by atoms with Gasteiger partial charge in [-0.3, -0.25) is 0 Å². The second-order valence-corrected chi connectivity index (χ2v) is 6.27. The molecule has 0 fully saturated rings. The Balaban J connectivity index is 2.04. The van der Waals surface area contributed by atoms with Crippen molar-refractivity contribution in [3.63, 3.8) is 0 Å². The molecule has 108 valence electrons. The molecule has 2 N–H and O–H groups in total. The third-order valence-electron chi connectivity index (χ3n) is 3.04. The molecule has 2 aromatic rings. The average molecular weight is 294 g/mol. The lowest BCUT2D eigenvalue weighted by atomic mass is 10.2. The van der Waals surface area contributed by atoms with Crippen molar-refractivity contribution in [2.75, 3.05) is 13.7 Å². The molecule has 0 radical (unpaired) electrons. The van der Waals surface area contributed by atoms with Gasteiger partial charge in [0.15, 0.2) is 0 Å². The van der Waals surface area contributed by atoms with Crippen molar-refractivity contribution in [2.45, 2.75) is 18.2 Å². The third kappa shape index (κ3) is 3.40. The van der Waals surface area contributed by atoms with Crippen molar-refractivity contribution < 1.29 is 13.2 Å². The van der Waals surface area contributed by atoms with Crippen molar-refractivity contribution in [1.82, 2.24) is 9.71 Å². The van der Waals surface area contributed by atoms with Gasteiger partial charge in [0.05, 0.1) is 12.0 Å². The monoisotopic (exact) mass is 294 g/mol. The molecule has 2 rings (SSSR count). The van der Waals surface area contributed by atoms with Crippen LogP contribution in [0.25, 0.3) is 0 Å². The number of nitrogens with one attached hydrogen (secondary N) is 2. The maximum atomic E-state index is 12.2. The van der Waals surface area contributed by atoms with Crippen LogP contribution in [0.2, 0.25) is 0 Å². The fraction of sp³-hybridized carbons (Fsp3) is 0.286. The van der Waals surface area contributed by atoms with E-state index in [0.717, 1.165) is 11.1 Å². The van der Waals surface area contributed by atoms with Crippen LogP contribution in [0, 0.1) is 6.92 Å². The first-order valence-electron chi connectivity index (χ1n) is 6.29. The van der Waals surface area contributed by atoms with E-state index in [9.17, 15) is 8.42 Å². The zero-order chi connectivity index (χ0) is 14.6. The largest absolute Gasteiger partial charge is 0.496 e. The van der Waals surface area contributed by atoms with Gasteiger partial charge in [0.1, 0.15) is 5.75 Å². The van der Waals surface area contributed by atoms with Crippen LogP contribution in [0.4, 0.5) is 0 Å². The van der Waals surface area contributed by atoms with E-state index in [1.807, 2.05) is 25.4 Å². The lowest BCUT2D eigenvalue weighted by molar-refractivity contribution is 0.411. The molecule has 0 bridgehead atoms. The van der Waals surface area contributed by atoms with Crippen LogP contribution in [0.1, 0.15) is 11.1 Å². The maximum absolute atomic E-state index is 12.2. The molecule has 1 aromatic carbocycles. The molecule has 0 amide bonds.